The summed E-state index contributed by atoms with van der Waals surface area (Å²) < 4.78 is 16.5. The van der Waals surface area contributed by atoms with Crippen LogP contribution in [0.5, 0.6) is 11.5 Å². The van der Waals surface area contributed by atoms with Crippen molar-refractivity contribution < 1.29 is 19.0 Å². The van der Waals surface area contributed by atoms with Crippen molar-refractivity contribution in [3.05, 3.63) is 95.1 Å². The van der Waals surface area contributed by atoms with Crippen LogP contribution in [0, 0.1) is 5.92 Å². The highest BCUT2D eigenvalue weighted by atomic mass is 16.5. The maximum Gasteiger partial charge on any atom is 0.309 e. The molecule has 1 fully saturated rings. The summed E-state index contributed by atoms with van der Waals surface area (Å²) in [6.45, 7) is 0.515. The Morgan fingerprint density at radius 1 is 0.875 bits per heavy atom. The molecule has 0 radical (unpaired) electrons. The number of methoxy groups -OCH3 is 2. The van der Waals surface area contributed by atoms with Gasteiger partial charge in [-0.1, -0.05) is 60.7 Å². The largest absolute Gasteiger partial charge is 0.493 e. The predicted octanol–water partition coefficient (Wildman–Crippen LogP) is 5.73. The van der Waals surface area contributed by atoms with E-state index in [1.54, 1.807) is 7.11 Å². The van der Waals surface area contributed by atoms with Gasteiger partial charge in [0.15, 0.2) is 11.5 Å². The van der Waals surface area contributed by atoms with Crippen LogP contribution in [0.25, 0.3) is 0 Å². The van der Waals surface area contributed by atoms with E-state index in [1.165, 1.54) is 23.8 Å². The predicted molar refractivity (Wildman–Crippen MR) is 125 cm³/mol. The number of rotatable bonds is 10. The summed E-state index contributed by atoms with van der Waals surface area (Å²) in [4.78, 5) is 11.8. The zero-order valence-electron chi connectivity index (χ0n) is 18.8. The first-order valence-electron chi connectivity index (χ1n) is 11.2. The van der Waals surface area contributed by atoms with Crippen LogP contribution in [0.15, 0.2) is 72.8 Å². The molecule has 2 atom stereocenters. The monoisotopic (exact) mass is 430 g/mol. The van der Waals surface area contributed by atoms with E-state index in [1.807, 2.05) is 36.4 Å². The number of carbonyl (C=O) groups is 1. The molecule has 0 aromatic heterocycles. The molecule has 4 nitrogen and oxygen atoms in total. The minimum absolute atomic E-state index is 0.0221. The van der Waals surface area contributed by atoms with Gasteiger partial charge in [-0.05, 0) is 66.0 Å². The van der Waals surface area contributed by atoms with Gasteiger partial charge in [0.25, 0.3) is 0 Å². The zero-order valence-corrected chi connectivity index (χ0v) is 18.8. The molecular formula is C28H30O4. The number of ether oxygens (including phenoxy) is 3. The molecule has 0 saturated heterocycles. The van der Waals surface area contributed by atoms with Crippen molar-refractivity contribution in [3.8, 4) is 11.5 Å². The summed E-state index contributed by atoms with van der Waals surface area (Å²) in [5, 5.41) is 0. The summed E-state index contributed by atoms with van der Waals surface area (Å²) in [6, 6.07) is 24.8. The highest BCUT2D eigenvalue weighted by molar-refractivity contribution is 5.77. The third-order valence-electron chi connectivity index (χ3n) is 6.13. The van der Waals surface area contributed by atoms with Crippen LogP contribution < -0.4 is 9.47 Å². The van der Waals surface area contributed by atoms with Gasteiger partial charge >= 0.3 is 5.97 Å². The fraction of sp³-hybridized carbons (Fsp3) is 0.321. The number of hydrogen-bond acceptors (Lipinski definition) is 4. The Hall–Kier alpha value is -3.27. The Kier molecular flexibility index (Phi) is 7.10. The van der Waals surface area contributed by atoms with Crippen molar-refractivity contribution in [2.45, 2.75) is 38.2 Å². The van der Waals surface area contributed by atoms with Crippen LogP contribution in [0.1, 0.15) is 41.0 Å². The van der Waals surface area contributed by atoms with Gasteiger partial charge in [-0.2, -0.15) is 0 Å². The van der Waals surface area contributed by atoms with Gasteiger partial charge in [0, 0.05) is 0 Å². The second-order valence-corrected chi connectivity index (χ2v) is 8.28. The molecule has 4 heteroatoms. The lowest BCUT2D eigenvalue weighted by molar-refractivity contribution is -0.142. The third-order valence-corrected chi connectivity index (χ3v) is 6.13. The molecule has 1 aliphatic carbocycles. The Balaban J connectivity index is 1.34. The molecule has 0 bridgehead atoms. The highest BCUT2D eigenvalue weighted by Crippen LogP contribution is 2.49. The fourth-order valence-electron chi connectivity index (χ4n) is 4.28. The first-order chi connectivity index (χ1) is 15.7. The molecule has 1 saturated carbocycles. The lowest BCUT2D eigenvalue weighted by Gasteiger charge is -2.13. The quantitative estimate of drug-likeness (QED) is 0.386. The smallest absolute Gasteiger partial charge is 0.309 e. The molecule has 1 aliphatic rings. The minimum Gasteiger partial charge on any atom is -0.493 e. The molecule has 2 unspecified atom stereocenters. The Morgan fingerprint density at radius 2 is 1.66 bits per heavy atom. The third kappa shape index (κ3) is 5.31. The standard InChI is InChI=1S/C28H30O4/c1-30-27-17-20(15-16-26(27)32-19-21-9-4-3-5-10-21)11-8-13-22-12-6-7-14-23(22)24-18-25(24)28(29)31-2/h3-7,9-10,12,14-17,24-25H,8,11,13,18-19H2,1-2H3. The minimum atomic E-state index is -0.0912. The molecular weight excluding hydrogens is 400 g/mol. The molecule has 4 rings (SSSR count). The molecule has 3 aromatic carbocycles. The van der Waals surface area contributed by atoms with E-state index in [2.05, 4.69) is 36.4 Å². The lowest BCUT2D eigenvalue weighted by atomic mass is 9.96. The van der Waals surface area contributed by atoms with Crippen LogP contribution in [-0.4, -0.2) is 20.2 Å². The van der Waals surface area contributed by atoms with Gasteiger partial charge in [-0.15, -0.1) is 0 Å². The normalized spacial score (nSPS) is 16.9. The molecule has 32 heavy (non-hydrogen) atoms. The van der Waals surface area contributed by atoms with Crippen LogP contribution in [0.3, 0.4) is 0 Å². The average molecular weight is 431 g/mol. The van der Waals surface area contributed by atoms with Crippen molar-refractivity contribution in [2.75, 3.05) is 14.2 Å². The van der Waals surface area contributed by atoms with E-state index in [-0.39, 0.29) is 11.9 Å². The summed E-state index contributed by atoms with van der Waals surface area (Å²) in [7, 11) is 3.15. The first kappa shape index (κ1) is 21.9. The van der Waals surface area contributed by atoms with E-state index >= 15 is 0 Å². The lowest BCUT2D eigenvalue weighted by Crippen LogP contribution is -2.05. The zero-order chi connectivity index (χ0) is 22.3. The second kappa shape index (κ2) is 10.4. The van der Waals surface area contributed by atoms with E-state index in [4.69, 9.17) is 14.2 Å². The molecule has 3 aromatic rings. The molecule has 166 valence electrons. The van der Waals surface area contributed by atoms with Crippen LogP contribution in [0.2, 0.25) is 0 Å². The number of aryl methyl sites for hydroxylation is 2. The fourth-order valence-corrected chi connectivity index (χ4v) is 4.28. The number of hydrogen-bond donors (Lipinski definition) is 0. The van der Waals surface area contributed by atoms with Gasteiger partial charge in [-0.3, -0.25) is 4.79 Å². The molecule has 0 heterocycles. The topological polar surface area (TPSA) is 44.8 Å². The summed E-state index contributed by atoms with van der Waals surface area (Å²) in [6.07, 6.45) is 3.86. The van der Waals surface area contributed by atoms with E-state index in [0.29, 0.717) is 12.5 Å². The molecule has 0 N–H and O–H groups in total. The van der Waals surface area contributed by atoms with Crippen molar-refractivity contribution in [1.29, 1.82) is 0 Å². The molecule has 0 spiro atoms. The number of benzene rings is 3. The van der Waals surface area contributed by atoms with E-state index in [0.717, 1.165) is 42.7 Å². The van der Waals surface area contributed by atoms with Crippen molar-refractivity contribution in [3.63, 3.8) is 0 Å². The molecule has 0 amide bonds. The Morgan fingerprint density at radius 3 is 2.44 bits per heavy atom. The Bertz CT molecular complexity index is 1040. The highest BCUT2D eigenvalue weighted by Gasteiger charge is 2.45. The summed E-state index contributed by atoms with van der Waals surface area (Å²) >= 11 is 0. The SMILES string of the molecule is COC(=O)C1CC1c1ccccc1CCCc1ccc(OCc2ccccc2)c(OC)c1. The van der Waals surface area contributed by atoms with Gasteiger partial charge in [0.2, 0.25) is 0 Å². The van der Waals surface area contributed by atoms with Crippen molar-refractivity contribution >= 4 is 5.97 Å². The molecule has 0 aliphatic heterocycles. The average Bonchev–Trinajstić information content (AvgIpc) is 3.64. The number of esters is 1. The number of carbonyl (C=O) groups excluding carboxylic acids is 1. The maximum atomic E-state index is 11.8. The van der Waals surface area contributed by atoms with Gasteiger partial charge in [0.05, 0.1) is 20.1 Å². The van der Waals surface area contributed by atoms with Gasteiger partial charge in [0.1, 0.15) is 6.61 Å². The van der Waals surface area contributed by atoms with Crippen LogP contribution in [0.4, 0.5) is 0 Å². The summed E-state index contributed by atoms with van der Waals surface area (Å²) in [5.74, 6) is 1.76. The first-order valence-corrected chi connectivity index (χ1v) is 11.2. The van der Waals surface area contributed by atoms with Crippen molar-refractivity contribution in [1.82, 2.24) is 0 Å². The van der Waals surface area contributed by atoms with Gasteiger partial charge in [-0.25, -0.2) is 0 Å². The van der Waals surface area contributed by atoms with Crippen LogP contribution in [-0.2, 0) is 29.0 Å². The van der Waals surface area contributed by atoms with Gasteiger partial charge < -0.3 is 14.2 Å². The maximum absolute atomic E-state index is 11.8. The second-order valence-electron chi connectivity index (χ2n) is 8.28. The van der Waals surface area contributed by atoms with Crippen molar-refractivity contribution in [2.24, 2.45) is 5.92 Å². The van der Waals surface area contributed by atoms with Crippen LogP contribution >= 0.6 is 0 Å². The van der Waals surface area contributed by atoms with E-state index < -0.39 is 0 Å². The summed E-state index contributed by atoms with van der Waals surface area (Å²) in [5.41, 5.74) is 4.98. The van der Waals surface area contributed by atoms with E-state index in [9.17, 15) is 4.79 Å². The Labute approximate surface area is 190 Å².